The Morgan fingerprint density at radius 1 is 1.30 bits per heavy atom. The van der Waals surface area contributed by atoms with Crippen LogP contribution in [0, 0.1) is 0 Å². The number of carbonyl (C=O) groups excluding carboxylic acids is 1. The van der Waals surface area contributed by atoms with Crippen molar-refractivity contribution in [1.82, 2.24) is 9.62 Å². The van der Waals surface area contributed by atoms with Gasteiger partial charge in [-0.05, 0) is 24.6 Å². The second-order valence-corrected chi connectivity index (χ2v) is 7.70. The first-order valence-electron chi connectivity index (χ1n) is 7.03. The molecule has 0 aromatic heterocycles. The molecule has 0 fully saturated rings. The lowest BCUT2D eigenvalue weighted by Gasteiger charge is -2.19. The van der Waals surface area contributed by atoms with Crippen molar-refractivity contribution >= 4 is 39.1 Å². The van der Waals surface area contributed by atoms with Crippen molar-refractivity contribution in [2.75, 3.05) is 32.5 Å². The average Bonchev–Trinajstić information content (AvgIpc) is 2.44. The number of sulfonamides is 1. The summed E-state index contributed by atoms with van der Waals surface area (Å²) in [4.78, 5) is 11.7. The van der Waals surface area contributed by atoms with Gasteiger partial charge in [0.25, 0.3) is 5.91 Å². The Morgan fingerprint density at radius 3 is 2.57 bits per heavy atom. The molecule has 0 radical (unpaired) electrons. The molecule has 0 saturated carbocycles. The molecule has 0 heterocycles. The van der Waals surface area contributed by atoms with Gasteiger partial charge in [0.15, 0.2) is 6.61 Å². The molecule has 6 nitrogen and oxygen atoms in total. The Labute approximate surface area is 146 Å². The third-order valence-corrected chi connectivity index (χ3v) is 4.71. The Kier molecular flexibility index (Phi) is 8.11. The fourth-order valence-electron chi connectivity index (χ4n) is 1.80. The van der Waals surface area contributed by atoms with E-state index >= 15 is 0 Å². The molecule has 0 bridgehead atoms. The zero-order valence-corrected chi connectivity index (χ0v) is 15.3. The molecule has 0 saturated heterocycles. The lowest BCUT2D eigenvalue weighted by atomic mass is 10.3. The molecule has 0 aliphatic rings. The van der Waals surface area contributed by atoms with Crippen LogP contribution in [-0.4, -0.2) is 51.1 Å². The number of amides is 1. The molecule has 23 heavy (non-hydrogen) atoms. The number of hydrogen-bond donors (Lipinski definition) is 1. The summed E-state index contributed by atoms with van der Waals surface area (Å²) in [6.07, 6.45) is 1.86. The van der Waals surface area contributed by atoms with Gasteiger partial charge in [0.2, 0.25) is 10.0 Å². The van der Waals surface area contributed by atoms with Crippen LogP contribution in [-0.2, 0) is 14.8 Å². The monoisotopic (exact) mass is 382 g/mol. The maximum atomic E-state index is 11.7. The van der Waals surface area contributed by atoms with Crippen molar-refractivity contribution in [3.63, 3.8) is 0 Å². The average molecular weight is 383 g/mol. The normalized spacial score (nSPS) is 11.5. The van der Waals surface area contributed by atoms with Gasteiger partial charge in [-0.15, -0.1) is 0 Å². The predicted molar refractivity (Wildman–Crippen MR) is 91.7 cm³/mol. The second kappa shape index (κ2) is 9.32. The van der Waals surface area contributed by atoms with Crippen LogP contribution < -0.4 is 10.1 Å². The third kappa shape index (κ3) is 7.39. The van der Waals surface area contributed by atoms with Gasteiger partial charge in [0.05, 0.1) is 11.3 Å². The van der Waals surface area contributed by atoms with Gasteiger partial charge in [-0.25, -0.2) is 12.7 Å². The van der Waals surface area contributed by atoms with Crippen LogP contribution in [0.15, 0.2) is 18.2 Å². The fraction of sp³-hybridized carbons (Fsp3) is 0.500. The number of benzene rings is 1. The van der Waals surface area contributed by atoms with Crippen molar-refractivity contribution in [2.45, 2.75) is 13.3 Å². The summed E-state index contributed by atoms with van der Waals surface area (Å²) in [6.45, 7) is 2.53. The van der Waals surface area contributed by atoms with Crippen molar-refractivity contribution in [3.05, 3.63) is 28.2 Å². The van der Waals surface area contributed by atoms with E-state index in [-0.39, 0.29) is 25.6 Å². The summed E-state index contributed by atoms with van der Waals surface area (Å²) in [5.41, 5.74) is 0. The van der Waals surface area contributed by atoms with Gasteiger partial charge in [-0.3, -0.25) is 4.79 Å². The molecule has 0 atom stereocenters. The molecule has 1 rings (SSSR count). The highest BCUT2D eigenvalue weighted by atomic mass is 35.5. The Balaban J connectivity index is 2.39. The van der Waals surface area contributed by atoms with Crippen LogP contribution in [0.25, 0.3) is 0 Å². The molecule has 130 valence electrons. The standard InChI is InChI=1S/C14H20Cl2N2O4S/c1-3-7-18(23(2,20)21)8-6-17-14(19)10-22-13-5-4-11(15)9-12(13)16/h4-5,9H,3,6-8,10H2,1-2H3,(H,17,19). The van der Waals surface area contributed by atoms with E-state index in [9.17, 15) is 13.2 Å². The first-order valence-corrected chi connectivity index (χ1v) is 9.64. The Bertz CT molecular complexity index is 638. The maximum Gasteiger partial charge on any atom is 0.257 e. The lowest BCUT2D eigenvalue weighted by molar-refractivity contribution is -0.123. The molecule has 1 aromatic carbocycles. The number of nitrogens with zero attached hydrogens (tertiary/aromatic N) is 1. The van der Waals surface area contributed by atoms with E-state index in [1.165, 1.54) is 10.4 Å². The largest absolute Gasteiger partial charge is 0.482 e. The van der Waals surface area contributed by atoms with Crippen molar-refractivity contribution < 1.29 is 17.9 Å². The first-order chi connectivity index (χ1) is 10.7. The van der Waals surface area contributed by atoms with Gasteiger partial charge < -0.3 is 10.1 Å². The maximum absolute atomic E-state index is 11.7. The first kappa shape index (κ1) is 20.0. The van der Waals surface area contributed by atoms with Crippen molar-refractivity contribution in [3.8, 4) is 5.75 Å². The Morgan fingerprint density at radius 2 is 2.00 bits per heavy atom. The SMILES string of the molecule is CCCN(CCNC(=O)COc1ccc(Cl)cc1Cl)S(C)(=O)=O. The van der Waals surface area contributed by atoms with E-state index in [0.717, 1.165) is 6.26 Å². The highest BCUT2D eigenvalue weighted by Gasteiger charge is 2.15. The smallest absolute Gasteiger partial charge is 0.257 e. The third-order valence-electron chi connectivity index (χ3n) is 2.88. The molecule has 1 amide bonds. The molecule has 0 spiro atoms. The van der Waals surface area contributed by atoms with Crippen LogP contribution in [0.2, 0.25) is 10.0 Å². The van der Waals surface area contributed by atoms with E-state index in [2.05, 4.69) is 5.32 Å². The summed E-state index contributed by atoms with van der Waals surface area (Å²) in [6, 6.07) is 4.70. The summed E-state index contributed by atoms with van der Waals surface area (Å²) >= 11 is 11.7. The Hall–Kier alpha value is -1.02. The van der Waals surface area contributed by atoms with E-state index in [4.69, 9.17) is 27.9 Å². The molecule has 0 aliphatic heterocycles. The van der Waals surface area contributed by atoms with Gasteiger partial charge in [-0.2, -0.15) is 0 Å². The number of ether oxygens (including phenoxy) is 1. The van der Waals surface area contributed by atoms with E-state index in [0.29, 0.717) is 28.8 Å². The van der Waals surface area contributed by atoms with Crippen molar-refractivity contribution in [1.29, 1.82) is 0 Å². The van der Waals surface area contributed by atoms with Crippen LogP contribution in [0.5, 0.6) is 5.75 Å². The van der Waals surface area contributed by atoms with Gasteiger partial charge >= 0.3 is 0 Å². The molecule has 0 unspecified atom stereocenters. The molecule has 0 aliphatic carbocycles. The van der Waals surface area contributed by atoms with Crippen LogP contribution >= 0.6 is 23.2 Å². The predicted octanol–water partition coefficient (Wildman–Crippen LogP) is 2.16. The van der Waals surface area contributed by atoms with Crippen LogP contribution in [0.3, 0.4) is 0 Å². The zero-order chi connectivity index (χ0) is 17.5. The van der Waals surface area contributed by atoms with E-state index < -0.39 is 10.0 Å². The second-order valence-electron chi connectivity index (χ2n) is 4.88. The van der Waals surface area contributed by atoms with E-state index in [1.54, 1.807) is 12.1 Å². The summed E-state index contributed by atoms with van der Waals surface area (Å²) in [5, 5.41) is 3.40. The number of halogens is 2. The molecular formula is C14H20Cl2N2O4S. The fourth-order valence-corrected chi connectivity index (χ4v) is 3.20. The summed E-state index contributed by atoms with van der Waals surface area (Å²) < 4.78 is 29.7. The summed E-state index contributed by atoms with van der Waals surface area (Å²) in [5.74, 6) is -0.00377. The molecule has 9 heteroatoms. The van der Waals surface area contributed by atoms with Gasteiger partial charge in [0.1, 0.15) is 5.75 Å². The number of carbonyl (C=O) groups is 1. The highest BCUT2D eigenvalue weighted by molar-refractivity contribution is 7.88. The minimum Gasteiger partial charge on any atom is -0.482 e. The van der Waals surface area contributed by atoms with Gasteiger partial charge in [-0.1, -0.05) is 30.1 Å². The number of rotatable bonds is 9. The van der Waals surface area contributed by atoms with Crippen molar-refractivity contribution in [2.24, 2.45) is 0 Å². The number of hydrogen-bond acceptors (Lipinski definition) is 4. The minimum absolute atomic E-state index is 0.212. The van der Waals surface area contributed by atoms with E-state index in [1.807, 2.05) is 6.92 Å². The quantitative estimate of drug-likeness (QED) is 0.709. The zero-order valence-electron chi connectivity index (χ0n) is 13.0. The highest BCUT2D eigenvalue weighted by Crippen LogP contribution is 2.27. The van der Waals surface area contributed by atoms with Gasteiger partial charge in [0, 0.05) is 24.7 Å². The molecular weight excluding hydrogens is 363 g/mol. The molecule has 1 N–H and O–H groups in total. The number of nitrogens with one attached hydrogen (secondary N) is 1. The van der Waals surface area contributed by atoms with Crippen LogP contribution in [0.1, 0.15) is 13.3 Å². The lowest BCUT2D eigenvalue weighted by Crippen LogP contribution is -2.39. The topological polar surface area (TPSA) is 75.7 Å². The van der Waals surface area contributed by atoms with Crippen LogP contribution in [0.4, 0.5) is 0 Å². The summed E-state index contributed by atoms with van der Waals surface area (Å²) in [7, 11) is -3.27. The molecule has 1 aromatic rings. The minimum atomic E-state index is -3.27.